The van der Waals surface area contributed by atoms with E-state index in [-0.39, 0.29) is 58.4 Å². The van der Waals surface area contributed by atoms with E-state index < -0.39 is 28.7 Å². The second-order valence-electron chi connectivity index (χ2n) is 14.2. The quantitative estimate of drug-likeness (QED) is 0.0413. The molecule has 1 aliphatic rings. The van der Waals surface area contributed by atoms with Crippen molar-refractivity contribution in [3.63, 3.8) is 0 Å². The molecule has 4 aromatic heterocycles. The summed E-state index contributed by atoms with van der Waals surface area (Å²) in [7, 11) is -0.307. The number of halogens is 5. The Hall–Kier alpha value is -6.31. The summed E-state index contributed by atoms with van der Waals surface area (Å²) in [5.74, 6) is -4.93. The van der Waals surface area contributed by atoms with Gasteiger partial charge in [-0.05, 0) is 88.1 Å². The average Bonchev–Trinajstić information content (AvgIpc) is 3.96. The molecule has 0 saturated carbocycles. The number of rotatable bonds is 12. The van der Waals surface area contributed by atoms with Crippen LogP contribution < -0.4 is 16.1 Å². The van der Waals surface area contributed by atoms with Gasteiger partial charge in [-0.3, -0.25) is 10.2 Å². The molecule has 14 nitrogen and oxygen atoms in total. The zero-order valence-electron chi connectivity index (χ0n) is 32.7. The normalized spacial score (nSPS) is 13.7. The second-order valence-corrected chi connectivity index (χ2v) is 14.6. The Balaban J connectivity index is 0.000000177. The monoisotopic (exact) mass is 850 g/mol. The number of aromatic amines is 2. The Labute approximate surface area is 346 Å². The smallest absolute Gasteiger partial charge is 0.478 e. The molecule has 0 amide bonds. The maximum absolute atomic E-state index is 14.1. The molecule has 1 fully saturated rings. The lowest BCUT2D eigenvalue weighted by Crippen LogP contribution is -2.41. The van der Waals surface area contributed by atoms with E-state index in [1.54, 1.807) is 36.7 Å². The van der Waals surface area contributed by atoms with Gasteiger partial charge in [0.05, 0.1) is 17.4 Å². The molecule has 1 saturated heterocycles. The molecular formula is C40H40BClF4N8O6. The summed E-state index contributed by atoms with van der Waals surface area (Å²) < 4.78 is 65.2. The minimum Gasteiger partial charge on any atom is -0.478 e. The molecule has 6 N–H and O–H groups in total. The van der Waals surface area contributed by atoms with Crippen molar-refractivity contribution >= 4 is 47.8 Å². The summed E-state index contributed by atoms with van der Waals surface area (Å²) in [6.07, 6.45) is 7.28. The highest BCUT2D eigenvalue weighted by molar-refractivity contribution is 6.61. The lowest BCUT2D eigenvalue weighted by Gasteiger charge is -2.32. The van der Waals surface area contributed by atoms with Gasteiger partial charge in [0, 0.05) is 42.7 Å². The minimum absolute atomic E-state index is 0.00740. The number of benzene rings is 2. The van der Waals surface area contributed by atoms with E-state index in [1.165, 1.54) is 36.7 Å². The van der Waals surface area contributed by atoms with E-state index in [0.717, 1.165) is 28.7 Å². The SMILES string of the molecule is CC1(C)OB(c2cn[nH]c2)OC1(C)C.O=C(O)c1cc(F)c(-c2cn[nH]c2)nc1NCCc1cccc(F)c1.O=C(O)c1cc(F)c(Cl)nc1NCCc1cccc(F)c1. The van der Waals surface area contributed by atoms with Crippen molar-refractivity contribution in [1.82, 2.24) is 30.4 Å². The van der Waals surface area contributed by atoms with Gasteiger partial charge < -0.3 is 30.2 Å². The largest absolute Gasteiger partial charge is 0.498 e. The highest BCUT2D eigenvalue weighted by atomic mass is 35.5. The minimum atomic E-state index is -1.31. The molecule has 314 valence electrons. The van der Waals surface area contributed by atoms with Gasteiger partial charge in [0.25, 0.3) is 0 Å². The molecule has 7 rings (SSSR count). The van der Waals surface area contributed by atoms with E-state index in [1.807, 2.05) is 27.7 Å². The van der Waals surface area contributed by atoms with Gasteiger partial charge in [0.15, 0.2) is 16.8 Å². The second kappa shape index (κ2) is 19.6. The van der Waals surface area contributed by atoms with Crippen LogP contribution in [0.4, 0.5) is 29.2 Å². The first kappa shape index (κ1) is 44.8. The van der Waals surface area contributed by atoms with E-state index >= 15 is 0 Å². The number of nitrogens with one attached hydrogen (secondary N) is 4. The van der Waals surface area contributed by atoms with Crippen LogP contribution in [-0.4, -0.2) is 83.9 Å². The van der Waals surface area contributed by atoms with Crippen molar-refractivity contribution in [1.29, 1.82) is 0 Å². The molecule has 60 heavy (non-hydrogen) atoms. The topological polar surface area (TPSA) is 200 Å². The predicted molar refractivity (Wildman–Crippen MR) is 216 cm³/mol. The first-order chi connectivity index (χ1) is 28.4. The van der Waals surface area contributed by atoms with E-state index in [2.05, 4.69) is 41.0 Å². The first-order valence-electron chi connectivity index (χ1n) is 18.3. The van der Waals surface area contributed by atoms with Crippen molar-refractivity contribution in [3.8, 4) is 11.3 Å². The molecular weight excluding hydrogens is 811 g/mol. The van der Waals surface area contributed by atoms with Gasteiger partial charge in [-0.15, -0.1) is 0 Å². The van der Waals surface area contributed by atoms with Gasteiger partial charge in [-0.25, -0.2) is 37.1 Å². The molecule has 5 heterocycles. The van der Waals surface area contributed by atoms with Crippen LogP contribution in [0.1, 0.15) is 59.5 Å². The summed E-state index contributed by atoms with van der Waals surface area (Å²) in [5.41, 5.74) is 1.68. The van der Waals surface area contributed by atoms with Gasteiger partial charge in [0.1, 0.15) is 40.1 Å². The molecule has 0 atom stereocenters. The van der Waals surface area contributed by atoms with E-state index in [9.17, 15) is 32.3 Å². The molecule has 6 aromatic rings. The zero-order valence-corrected chi connectivity index (χ0v) is 33.5. The van der Waals surface area contributed by atoms with Gasteiger partial charge in [-0.2, -0.15) is 10.2 Å². The lowest BCUT2D eigenvalue weighted by molar-refractivity contribution is 0.00578. The number of aromatic carboxylic acids is 2. The third-order valence-electron chi connectivity index (χ3n) is 9.38. The van der Waals surface area contributed by atoms with Crippen molar-refractivity contribution in [2.45, 2.75) is 51.7 Å². The molecule has 2 aromatic carbocycles. The van der Waals surface area contributed by atoms with Crippen molar-refractivity contribution in [3.05, 3.63) is 136 Å². The van der Waals surface area contributed by atoms with Gasteiger partial charge in [0.2, 0.25) is 0 Å². The molecule has 0 radical (unpaired) electrons. The number of anilines is 2. The van der Waals surface area contributed by atoms with Crippen molar-refractivity contribution in [2.24, 2.45) is 0 Å². The average molecular weight is 851 g/mol. The van der Waals surface area contributed by atoms with Gasteiger partial charge in [-0.1, -0.05) is 35.9 Å². The summed E-state index contributed by atoms with van der Waals surface area (Å²) in [6.45, 7) is 8.76. The number of carbonyl (C=O) groups is 2. The standard InChI is InChI=1S/C17H14F2N4O2.C14H11ClF2N2O2.C9H15BN2O2/c18-12-3-1-2-10(6-12)4-5-20-16-13(17(24)25)7-14(19)15(23-16)11-8-21-22-9-11;15-12-11(17)7-10(14(20)21)13(19-12)18-5-4-8-2-1-3-9(16)6-8;1-8(2)9(3,4)14-10(13-8)7-5-11-12-6-7/h1-3,6-9H,4-5H2,(H,20,23)(H,21,22)(H,24,25);1-3,6-7H,4-5H2,(H,18,19)(H,20,21);5-6H,1-4H3,(H,11,12). The van der Waals surface area contributed by atoms with Crippen molar-refractivity contribution in [2.75, 3.05) is 23.7 Å². The fourth-order valence-electron chi connectivity index (χ4n) is 5.54. The zero-order chi connectivity index (χ0) is 43.6. The number of hydrogen-bond donors (Lipinski definition) is 6. The predicted octanol–water partition coefficient (Wildman–Crippen LogP) is 7.18. The van der Waals surface area contributed by atoms with Crippen LogP contribution in [0.5, 0.6) is 0 Å². The summed E-state index contributed by atoms with van der Waals surface area (Å²) in [6, 6.07) is 13.9. The van der Waals surface area contributed by atoms with Crippen LogP contribution in [0.25, 0.3) is 11.3 Å². The number of H-pyrrole nitrogens is 2. The third kappa shape index (κ3) is 11.7. The van der Waals surface area contributed by atoms with Crippen molar-refractivity contribution < 1.29 is 46.7 Å². The number of nitrogens with zero attached hydrogens (tertiary/aromatic N) is 4. The van der Waals surface area contributed by atoms with Crippen LogP contribution in [0.2, 0.25) is 5.15 Å². The maximum atomic E-state index is 14.1. The highest BCUT2D eigenvalue weighted by Gasteiger charge is 2.52. The summed E-state index contributed by atoms with van der Waals surface area (Å²) >= 11 is 5.54. The first-order valence-corrected chi connectivity index (χ1v) is 18.6. The fraction of sp³-hybridized carbons (Fsp3) is 0.250. The number of aromatic nitrogens is 6. The van der Waals surface area contributed by atoms with Crippen LogP contribution >= 0.6 is 11.6 Å². The molecule has 0 bridgehead atoms. The van der Waals surface area contributed by atoms with E-state index in [0.29, 0.717) is 31.5 Å². The van der Waals surface area contributed by atoms with Gasteiger partial charge >= 0.3 is 19.1 Å². The number of pyridine rings is 2. The Morgan fingerprint density at radius 2 is 1.23 bits per heavy atom. The Kier molecular flexibility index (Phi) is 14.7. The maximum Gasteiger partial charge on any atom is 0.498 e. The highest BCUT2D eigenvalue weighted by Crippen LogP contribution is 2.36. The summed E-state index contributed by atoms with van der Waals surface area (Å²) in [4.78, 5) is 30.1. The molecule has 0 aliphatic carbocycles. The van der Waals surface area contributed by atoms with Crippen LogP contribution in [0.15, 0.2) is 85.5 Å². The van der Waals surface area contributed by atoms with Crippen LogP contribution in [0, 0.1) is 23.3 Å². The van der Waals surface area contributed by atoms with Crippen LogP contribution in [-0.2, 0) is 22.2 Å². The number of carboxylic acid groups (broad SMARTS) is 2. The Morgan fingerprint density at radius 1 is 0.733 bits per heavy atom. The molecule has 20 heteroatoms. The lowest BCUT2D eigenvalue weighted by atomic mass is 9.82. The number of carboxylic acids is 2. The Bertz CT molecular complexity index is 2390. The van der Waals surface area contributed by atoms with E-state index in [4.69, 9.17) is 26.0 Å². The molecule has 1 aliphatic heterocycles. The Morgan fingerprint density at radius 3 is 1.70 bits per heavy atom. The molecule has 0 spiro atoms. The fourth-order valence-corrected chi connectivity index (χ4v) is 5.68. The summed E-state index contributed by atoms with van der Waals surface area (Å²) in [5, 5.41) is 36.4. The number of hydrogen-bond acceptors (Lipinski definition) is 10. The molecule has 0 unspecified atom stereocenters. The van der Waals surface area contributed by atoms with Crippen LogP contribution in [0.3, 0.4) is 0 Å². The third-order valence-corrected chi connectivity index (χ3v) is 9.64.